The van der Waals surface area contributed by atoms with E-state index < -0.39 is 0 Å². The summed E-state index contributed by atoms with van der Waals surface area (Å²) in [5.74, 6) is 0.867. The van der Waals surface area contributed by atoms with Crippen molar-refractivity contribution in [2.75, 3.05) is 13.2 Å². The van der Waals surface area contributed by atoms with Crippen LogP contribution in [0.5, 0.6) is 11.6 Å². The molecule has 0 spiro atoms. The molecule has 4 rings (SSSR count). The molecule has 2 aromatic carbocycles. The number of aromatic nitrogens is 1. The summed E-state index contributed by atoms with van der Waals surface area (Å²) in [7, 11) is 1.74. The number of benzene rings is 2. The van der Waals surface area contributed by atoms with Crippen LogP contribution in [-0.2, 0) is 11.8 Å². The molecule has 1 aliphatic rings. The number of hydrogen-bond acceptors (Lipinski definition) is 4. The monoisotopic (exact) mass is 442 g/mol. The summed E-state index contributed by atoms with van der Waals surface area (Å²) >= 11 is 0. The Kier molecular flexibility index (Phi) is 5.92. The van der Waals surface area contributed by atoms with Gasteiger partial charge >= 0.3 is 0 Å². The first-order valence-corrected chi connectivity index (χ1v) is 10.6. The number of carbonyl (C=O) groups is 1. The number of nitrogens with zero attached hydrogens (tertiary/aromatic N) is 2. The lowest BCUT2D eigenvalue weighted by molar-refractivity contribution is 0.101. The fourth-order valence-corrected chi connectivity index (χ4v) is 3.73. The Balaban J connectivity index is 1.56. The van der Waals surface area contributed by atoms with Crippen LogP contribution in [0.2, 0.25) is 0 Å². The summed E-state index contributed by atoms with van der Waals surface area (Å²) in [5, 5.41) is 10.9. The van der Waals surface area contributed by atoms with Gasteiger partial charge in [0.1, 0.15) is 24.7 Å². The zero-order valence-electron chi connectivity index (χ0n) is 19.0. The predicted molar refractivity (Wildman–Crippen MR) is 129 cm³/mol. The summed E-state index contributed by atoms with van der Waals surface area (Å²) in [6, 6.07) is 15.1. The van der Waals surface area contributed by atoms with Crippen molar-refractivity contribution in [2.24, 2.45) is 12.0 Å². The quantitative estimate of drug-likeness (QED) is 0.296. The Morgan fingerprint density at radius 1 is 1.00 bits per heavy atom. The van der Waals surface area contributed by atoms with E-state index in [-0.39, 0.29) is 11.8 Å². The molecule has 0 saturated carbocycles. The lowest BCUT2D eigenvalue weighted by Crippen LogP contribution is -2.06. The van der Waals surface area contributed by atoms with Crippen LogP contribution in [0, 0.1) is 6.92 Å². The molecular weight excluding hydrogens is 416 g/mol. The average Bonchev–Trinajstić information content (AvgIpc) is 3.27. The van der Waals surface area contributed by atoms with Crippen molar-refractivity contribution in [1.29, 1.82) is 0 Å². The van der Waals surface area contributed by atoms with Gasteiger partial charge in [-0.3, -0.25) is 4.79 Å². The first-order valence-electron chi connectivity index (χ1n) is 10.6. The number of aliphatic imine (C=N–C) groups is 1. The van der Waals surface area contributed by atoms with Gasteiger partial charge in [0, 0.05) is 12.6 Å². The first-order chi connectivity index (χ1) is 15.8. The zero-order valence-corrected chi connectivity index (χ0v) is 19.0. The molecule has 0 unspecified atom stereocenters. The first kappa shape index (κ1) is 22.1. The van der Waals surface area contributed by atoms with E-state index in [1.54, 1.807) is 11.6 Å². The van der Waals surface area contributed by atoms with Crippen molar-refractivity contribution in [1.82, 2.24) is 4.57 Å². The van der Waals surface area contributed by atoms with Gasteiger partial charge in [-0.05, 0) is 49.2 Å². The van der Waals surface area contributed by atoms with E-state index in [9.17, 15) is 9.90 Å². The van der Waals surface area contributed by atoms with Gasteiger partial charge in [0.25, 0.3) is 5.91 Å². The zero-order chi connectivity index (χ0) is 23.7. The molecule has 1 aliphatic heterocycles. The second-order valence-corrected chi connectivity index (χ2v) is 8.04. The van der Waals surface area contributed by atoms with E-state index >= 15 is 0 Å². The number of carbonyl (C=O) groups excluding carboxylic acids is 1. The Morgan fingerprint density at radius 3 is 2.27 bits per heavy atom. The molecule has 6 nitrogen and oxygen atoms in total. The van der Waals surface area contributed by atoms with Crippen LogP contribution in [0.3, 0.4) is 0 Å². The van der Waals surface area contributed by atoms with Crippen molar-refractivity contribution >= 4 is 11.6 Å². The number of hydrogen-bond donors (Lipinski definition) is 1. The van der Waals surface area contributed by atoms with Gasteiger partial charge in [0.05, 0.1) is 22.5 Å². The molecule has 0 bridgehead atoms. The highest BCUT2D eigenvalue weighted by Gasteiger charge is 2.35. The number of allylic oxidation sites excluding steroid dienone is 1. The van der Waals surface area contributed by atoms with Gasteiger partial charge in [-0.25, -0.2) is 4.99 Å². The Bertz CT molecular complexity index is 1280. The maximum absolute atomic E-state index is 12.9. The minimum absolute atomic E-state index is 0.0143. The lowest BCUT2D eigenvalue weighted by Gasteiger charge is -2.11. The van der Waals surface area contributed by atoms with Gasteiger partial charge in [-0.2, -0.15) is 0 Å². The minimum atomic E-state index is -0.360. The fraction of sp³-hybridized carbons (Fsp3) is 0.185. The molecule has 0 fully saturated rings. The molecule has 0 atom stereocenters. The Hall–Kier alpha value is -4.06. The number of aromatic hydroxyl groups is 1. The van der Waals surface area contributed by atoms with Crippen molar-refractivity contribution in [3.05, 3.63) is 95.3 Å². The van der Waals surface area contributed by atoms with Gasteiger partial charge in [0.2, 0.25) is 5.88 Å². The Morgan fingerprint density at radius 2 is 1.64 bits per heavy atom. The third-order valence-electron chi connectivity index (χ3n) is 5.58. The second kappa shape index (κ2) is 8.82. The van der Waals surface area contributed by atoms with Crippen LogP contribution in [-0.4, -0.2) is 34.5 Å². The lowest BCUT2D eigenvalue weighted by atomic mass is 9.99. The number of fused-ring (bicyclic) bond motifs is 1. The Labute approximate surface area is 193 Å². The molecule has 33 heavy (non-hydrogen) atoms. The molecule has 0 saturated heterocycles. The van der Waals surface area contributed by atoms with Gasteiger partial charge in [0.15, 0.2) is 0 Å². The van der Waals surface area contributed by atoms with Gasteiger partial charge in [-0.1, -0.05) is 43.0 Å². The minimum Gasteiger partial charge on any atom is -0.494 e. The largest absolute Gasteiger partial charge is 0.494 e. The molecule has 6 heteroatoms. The van der Waals surface area contributed by atoms with Crippen LogP contribution in [0.15, 0.2) is 78.0 Å². The van der Waals surface area contributed by atoms with E-state index in [2.05, 4.69) is 18.2 Å². The highest BCUT2D eigenvalue weighted by Crippen LogP contribution is 2.40. The molecule has 2 heterocycles. The summed E-state index contributed by atoms with van der Waals surface area (Å²) in [5.41, 5.74) is 5.44. The van der Waals surface area contributed by atoms with E-state index in [0.717, 1.165) is 22.3 Å². The molecule has 1 N–H and O–H groups in total. The normalized spacial score (nSPS) is 12.3. The smallest absolute Gasteiger partial charge is 0.280 e. The van der Waals surface area contributed by atoms with Gasteiger partial charge in [-0.15, -0.1) is 0 Å². The SMILES string of the molecule is C=C(C)C(=C)OCCOc1ccc(-c2c3c(c(O)n2C)C(c2ccc(C)cc2)=NC3=O)cc1. The van der Waals surface area contributed by atoms with Crippen LogP contribution < -0.4 is 4.74 Å². The van der Waals surface area contributed by atoms with E-state index in [1.165, 1.54) is 0 Å². The van der Waals surface area contributed by atoms with Crippen LogP contribution >= 0.6 is 0 Å². The summed E-state index contributed by atoms with van der Waals surface area (Å²) < 4.78 is 12.8. The second-order valence-electron chi connectivity index (χ2n) is 8.04. The molecule has 0 aliphatic carbocycles. The highest BCUT2D eigenvalue weighted by molar-refractivity contribution is 6.30. The van der Waals surface area contributed by atoms with Crippen molar-refractivity contribution in [2.45, 2.75) is 13.8 Å². The van der Waals surface area contributed by atoms with E-state index in [0.29, 0.717) is 47.3 Å². The number of rotatable bonds is 8. The van der Waals surface area contributed by atoms with Gasteiger partial charge < -0.3 is 19.1 Å². The number of amides is 1. The van der Waals surface area contributed by atoms with Crippen molar-refractivity contribution in [3.8, 4) is 22.9 Å². The third kappa shape index (κ3) is 4.20. The fourth-order valence-electron chi connectivity index (χ4n) is 3.73. The molecule has 1 aromatic heterocycles. The van der Waals surface area contributed by atoms with Crippen LogP contribution in [0.1, 0.15) is 34.0 Å². The maximum Gasteiger partial charge on any atom is 0.280 e. The molecule has 168 valence electrons. The van der Waals surface area contributed by atoms with Crippen molar-refractivity contribution < 1.29 is 19.4 Å². The molecule has 0 radical (unpaired) electrons. The predicted octanol–water partition coefficient (Wildman–Crippen LogP) is 5.18. The standard InChI is InChI=1S/C27H26N2O4/c1-16(2)18(4)32-14-15-33-21-12-10-20(11-13-21)25-23-22(27(31)29(25)5)24(28-26(23)30)19-8-6-17(3)7-9-19/h6-13,31H,1,4,14-15H2,2-3,5H3. The van der Waals surface area contributed by atoms with Crippen molar-refractivity contribution in [3.63, 3.8) is 0 Å². The van der Waals surface area contributed by atoms with Crippen LogP contribution in [0.25, 0.3) is 11.3 Å². The highest BCUT2D eigenvalue weighted by atomic mass is 16.5. The average molecular weight is 443 g/mol. The third-order valence-corrected chi connectivity index (χ3v) is 5.58. The van der Waals surface area contributed by atoms with E-state index in [1.807, 2.05) is 62.4 Å². The summed E-state index contributed by atoms with van der Waals surface area (Å²) in [6.07, 6.45) is 0. The number of ether oxygens (including phenoxy) is 2. The molecule has 1 amide bonds. The topological polar surface area (TPSA) is 73.0 Å². The summed E-state index contributed by atoms with van der Waals surface area (Å²) in [6.45, 7) is 12.1. The van der Waals surface area contributed by atoms with E-state index in [4.69, 9.17) is 9.47 Å². The van der Waals surface area contributed by atoms with Crippen LogP contribution in [0.4, 0.5) is 0 Å². The number of aryl methyl sites for hydroxylation is 1. The molecule has 3 aromatic rings. The molecular formula is C27H26N2O4. The summed E-state index contributed by atoms with van der Waals surface area (Å²) in [4.78, 5) is 17.1. The maximum atomic E-state index is 12.9.